The van der Waals surface area contributed by atoms with Crippen molar-refractivity contribution in [1.82, 2.24) is 0 Å². The molecular weight excluding hydrogens is 1190 g/mol. The fraction of sp³-hybridized carbons (Fsp3) is 0.547. The first-order chi connectivity index (χ1) is 44.9. The summed E-state index contributed by atoms with van der Waals surface area (Å²) in [5.74, 6) is 10.5. The maximum Gasteiger partial charge on any atom is 0.278 e. The van der Waals surface area contributed by atoms with Crippen molar-refractivity contribution in [3.05, 3.63) is 195 Å². The van der Waals surface area contributed by atoms with Gasteiger partial charge in [0.1, 0.15) is 37.6 Å². The molecule has 2 aromatic rings. The highest BCUT2D eigenvalue weighted by molar-refractivity contribution is 5.28. The normalized spacial score (nSPS) is 19.4. The van der Waals surface area contributed by atoms with E-state index in [1.165, 1.54) is 36.0 Å². The molecule has 0 aliphatic carbocycles. The van der Waals surface area contributed by atoms with E-state index in [-0.39, 0.29) is 11.2 Å². The molecule has 0 N–H and O–H groups in total. The van der Waals surface area contributed by atoms with Crippen molar-refractivity contribution in [2.75, 3.05) is 106 Å². The third kappa shape index (κ3) is 43.3. The lowest BCUT2D eigenvalue weighted by Crippen LogP contribution is -2.42. The molecule has 9 heterocycles. The van der Waals surface area contributed by atoms with E-state index in [0.717, 1.165) is 187 Å². The van der Waals surface area contributed by atoms with E-state index in [4.69, 9.17) is 85.3 Å². The lowest BCUT2D eigenvalue weighted by molar-refractivity contribution is -0.179. The zero-order chi connectivity index (χ0) is 67.5. The molecule has 11 rings (SSSR count). The van der Waals surface area contributed by atoms with Crippen molar-refractivity contribution in [2.24, 2.45) is 0 Å². The van der Waals surface area contributed by atoms with Gasteiger partial charge in [-0.25, -0.2) is 0 Å². The van der Waals surface area contributed by atoms with Crippen molar-refractivity contribution in [1.29, 1.82) is 0 Å². The summed E-state index contributed by atoms with van der Waals surface area (Å²) in [5.41, 5.74) is 4.63. The fourth-order valence-corrected chi connectivity index (χ4v) is 8.95. The lowest BCUT2D eigenvalue weighted by atomic mass is 9.91. The summed E-state index contributed by atoms with van der Waals surface area (Å²) in [5, 5.41) is 0. The molecule has 518 valence electrons. The molecule has 18 heteroatoms. The van der Waals surface area contributed by atoms with Gasteiger partial charge in [-0.2, -0.15) is 0 Å². The molecule has 9 aliphatic heterocycles. The standard InChI is InChI=1S/C19H20O2.C9H16O2.C8H14O2.C8H10O2.2C7H12O2.C6H10O2.C6H8O2.C5H8O2/c1-3-8-16(9-4-1)14-18(19-20-12-7-13-21-19)15-17-10-5-2-6-11-17;1-7-10-8(2,3)6-9(4,5)11-7;2*1-8-9-6-4-2-3-5-7-10-8;1-6(2)7-8-4-3-5-9-7;1-7-8-5-3-2-4-6-9-7;2*1-6-7-4-2-3-5-8-6;1-5-6-3-2-4-7-5/h1-6,8-11H,7,12-15H2;1,6H2,2-5H3;1-7H2;1,4-7H2;3-5H2,1-2H3;1-6H2;1-5H2;2-3H,1,4-5H2;1-4H2. The van der Waals surface area contributed by atoms with Crippen LogP contribution in [0.2, 0.25) is 0 Å². The van der Waals surface area contributed by atoms with Crippen LogP contribution in [0.3, 0.4) is 0 Å². The minimum atomic E-state index is -0.140. The molecule has 0 radical (unpaired) electrons. The number of rotatable bonds is 4. The van der Waals surface area contributed by atoms with Gasteiger partial charge in [-0.1, -0.05) is 72.5 Å². The summed E-state index contributed by atoms with van der Waals surface area (Å²) in [7, 11) is 0. The van der Waals surface area contributed by atoms with Crippen LogP contribution in [0.1, 0.15) is 149 Å². The zero-order valence-electron chi connectivity index (χ0n) is 57.1. The number of allylic oxidation sites excluding steroid dienone is 2. The molecule has 0 atom stereocenters. The Morgan fingerprint density at radius 2 is 0.613 bits per heavy atom. The van der Waals surface area contributed by atoms with Gasteiger partial charge in [-0.15, -0.1) is 0 Å². The van der Waals surface area contributed by atoms with Crippen LogP contribution in [0.5, 0.6) is 0 Å². The van der Waals surface area contributed by atoms with Gasteiger partial charge in [-0.3, -0.25) is 0 Å². The van der Waals surface area contributed by atoms with E-state index in [1.807, 2.05) is 65.8 Å². The molecule has 7 saturated heterocycles. The monoisotopic (exact) mass is 1300 g/mol. The molecule has 9 aliphatic rings. The van der Waals surface area contributed by atoms with Crippen LogP contribution in [-0.4, -0.2) is 117 Å². The zero-order valence-corrected chi connectivity index (χ0v) is 57.1. The Morgan fingerprint density at radius 3 is 0.935 bits per heavy atom. The first kappa shape index (κ1) is 79.0. The minimum absolute atomic E-state index is 0.140. The molecule has 0 bridgehead atoms. The summed E-state index contributed by atoms with van der Waals surface area (Å²) in [6.07, 6.45) is 21.3. The Balaban J connectivity index is 0.000000280. The van der Waals surface area contributed by atoms with Gasteiger partial charge in [0.25, 0.3) is 53.5 Å². The predicted molar refractivity (Wildman–Crippen MR) is 361 cm³/mol. The lowest BCUT2D eigenvalue weighted by Gasteiger charge is -2.41. The van der Waals surface area contributed by atoms with Crippen LogP contribution in [0, 0.1) is 11.8 Å². The second kappa shape index (κ2) is 49.4. The second-order valence-electron chi connectivity index (χ2n) is 23.1. The quantitative estimate of drug-likeness (QED) is 0.209. The van der Waals surface area contributed by atoms with E-state index in [2.05, 4.69) is 106 Å². The molecule has 0 aromatic heterocycles. The highest BCUT2D eigenvalue weighted by atomic mass is 16.7. The number of ether oxygens (including phenoxy) is 18. The third-order valence-electron chi connectivity index (χ3n) is 13.1. The highest BCUT2D eigenvalue weighted by Crippen LogP contribution is 2.35. The molecular formula is C75H110O18. The average molecular weight is 1300 g/mol. The third-order valence-corrected chi connectivity index (χ3v) is 13.1. The number of hydrogen-bond donors (Lipinski definition) is 0. The maximum absolute atomic E-state index is 5.74. The summed E-state index contributed by atoms with van der Waals surface area (Å²) in [6.45, 7) is 48.6. The first-order valence-electron chi connectivity index (χ1n) is 32.7. The summed E-state index contributed by atoms with van der Waals surface area (Å²) in [4.78, 5) is 0. The van der Waals surface area contributed by atoms with E-state index in [1.54, 1.807) is 0 Å². The van der Waals surface area contributed by atoms with Gasteiger partial charge in [0.2, 0.25) is 0 Å². The van der Waals surface area contributed by atoms with Crippen LogP contribution in [0.15, 0.2) is 184 Å². The smallest absolute Gasteiger partial charge is 0.278 e. The number of benzene rings is 2. The van der Waals surface area contributed by atoms with E-state index in [9.17, 15) is 0 Å². The summed E-state index contributed by atoms with van der Waals surface area (Å²) in [6, 6.07) is 21.0. The predicted octanol–water partition coefficient (Wildman–Crippen LogP) is 16.5. The van der Waals surface area contributed by atoms with Gasteiger partial charge in [-0.05, 0) is 169 Å². The average Bonchev–Trinajstić information content (AvgIpc) is 1.20. The topological polar surface area (TPSA) is 166 Å². The Hall–Kier alpha value is -8.20. The molecule has 18 nitrogen and oxygen atoms in total. The molecule has 0 unspecified atom stereocenters. The van der Waals surface area contributed by atoms with Gasteiger partial charge < -0.3 is 85.3 Å². The van der Waals surface area contributed by atoms with Crippen molar-refractivity contribution in [2.45, 2.75) is 162 Å². The van der Waals surface area contributed by atoms with Crippen LogP contribution in [0.25, 0.3) is 0 Å². The Bertz CT molecular complexity index is 2460. The molecule has 2 aromatic carbocycles. The van der Waals surface area contributed by atoms with Gasteiger partial charge >= 0.3 is 0 Å². The van der Waals surface area contributed by atoms with Crippen LogP contribution in [0.4, 0.5) is 0 Å². The molecule has 0 spiro atoms. The van der Waals surface area contributed by atoms with E-state index < -0.39 is 0 Å². The van der Waals surface area contributed by atoms with Crippen molar-refractivity contribution >= 4 is 0 Å². The number of hydrogen-bond acceptors (Lipinski definition) is 18. The van der Waals surface area contributed by atoms with Crippen LogP contribution in [-0.2, 0) is 98.1 Å². The molecule has 93 heavy (non-hydrogen) atoms. The highest BCUT2D eigenvalue weighted by Gasteiger charge is 2.38. The second-order valence-corrected chi connectivity index (χ2v) is 23.1. The molecule has 0 amide bonds. The van der Waals surface area contributed by atoms with Crippen LogP contribution >= 0.6 is 0 Å². The Kier molecular flexibility index (Phi) is 42.0. The Labute approximate surface area is 557 Å². The molecule has 7 fully saturated rings. The maximum atomic E-state index is 5.74. The van der Waals surface area contributed by atoms with Gasteiger partial charge in [0.15, 0.2) is 0 Å². The fourth-order valence-electron chi connectivity index (χ4n) is 8.95. The largest absolute Gasteiger partial charge is 0.466 e. The van der Waals surface area contributed by atoms with Gasteiger partial charge in [0, 0.05) is 62.5 Å². The van der Waals surface area contributed by atoms with E-state index >= 15 is 0 Å². The van der Waals surface area contributed by atoms with Gasteiger partial charge in [0.05, 0.1) is 79.3 Å². The van der Waals surface area contributed by atoms with Crippen molar-refractivity contribution < 1.29 is 85.3 Å². The molecule has 0 saturated carbocycles. The SMILES string of the molecule is C=C1OC(C)(C)CC(C)(C)O1.C=C1OCC=CCO1.C=C1OCCC#CCCO1.C=C1OCCCCCCO1.C=C1OCCCCCO1.C=C1OCCCCO1.C=C1OCCCO1.CC(C)=C1OCCCO1.c1ccc(CC(Cc2ccccc2)=C2OCCCO2)cc1. The van der Waals surface area contributed by atoms with Crippen LogP contribution < -0.4 is 0 Å². The summed E-state index contributed by atoms with van der Waals surface area (Å²) >= 11 is 0. The first-order valence-corrected chi connectivity index (χ1v) is 32.7. The Morgan fingerprint density at radius 1 is 0.333 bits per heavy atom. The van der Waals surface area contributed by atoms with Crippen molar-refractivity contribution in [3.8, 4) is 11.8 Å². The minimum Gasteiger partial charge on any atom is -0.466 e. The van der Waals surface area contributed by atoms with E-state index in [0.29, 0.717) is 68.0 Å². The van der Waals surface area contributed by atoms with Crippen molar-refractivity contribution in [3.63, 3.8) is 0 Å². The summed E-state index contributed by atoms with van der Waals surface area (Å²) < 4.78 is 92.7.